The Labute approximate surface area is 116 Å². The van der Waals surface area contributed by atoms with Crippen molar-refractivity contribution in [1.29, 1.82) is 0 Å². The number of aliphatic hydroxyl groups excluding tert-OH is 3. The van der Waals surface area contributed by atoms with E-state index in [0.29, 0.717) is 0 Å². The zero-order valence-electron chi connectivity index (χ0n) is 11.1. The summed E-state index contributed by atoms with van der Waals surface area (Å²) in [5.74, 6) is 0.723. The first kappa shape index (κ1) is 13.4. The van der Waals surface area contributed by atoms with Gasteiger partial charge in [-0.3, -0.25) is 0 Å². The summed E-state index contributed by atoms with van der Waals surface area (Å²) in [5, 5.41) is 33.2. The molecule has 2 heterocycles. The number of fused-ring (bicyclic) bond motifs is 1. The summed E-state index contributed by atoms with van der Waals surface area (Å²) in [5.41, 5.74) is 1.70. The number of aromatic nitrogens is 1. The molecule has 3 rings (SSSR count). The fraction of sp³-hybridized carbons (Fsp3) is 0.429. The molecule has 0 saturated carbocycles. The van der Waals surface area contributed by atoms with E-state index in [4.69, 9.17) is 4.74 Å². The first-order chi connectivity index (χ1) is 9.67. The van der Waals surface area contributed by atoms with Crippen LogP contribution in [0.2, 0.25) is 0 Å². The number of hydrogen-bond acceptors (Lipinski definition) is 5. The van der Waals surface area contributed by atoms with E-state index in [0.717, 1.165) is 22.2 Å². The van der Waals surface area contributed by atoms with Crippen LogP contribution in [-0.4, -0.2) is 52.3 Å². The highest BCUT2D eigenvalue weighted by molar-refractivity contribution is 5.88. The van der Waals surface area contributed by atoms with Crippen LogP contribution in [0.5, 0.6) is 5.75 Å². The van der Waals surface area contributed by atoms with Crippen molar-refractivity contribution in [3.63, 3.8) is 0 Å². The maximum absolute atomic E-state index is 10.1. The number of hydrogen-bond donors (Lipinski definition) is 5. The van der Waals surface area contributed by atoms with Gasteiger partial charge in [0, 0.05) is 11.6 Å². The van der Waals surface area contributed by atoms with Gasteiger partial charge < -0.3 is 30.4 Å². The van der Waals surface area contributed by atoms with Gasteiger partial charge >= 0.3 is 0 Å². The summed E-state index contributed by atoms with van der Waals surface area (Å²) in [6.07, 6.45) is -0.154. The molecule has 0 unspecified atom stereocenters. The van der Waals surface area contributed by atoms with E-state index in [1.54, 1.807) is 13.3 Å². The van der Waals surface area contributed by atoms with Crippen molar-refractivity contribution in [3.05, 3.63) is 30.0 Å². The maximum atomic E-state index is 10.1. The molecule has 20 heavy (non-hydrogen) atoms. The zero-order chi connectivity index (χ0) is 14.3. The van der Waals surface area contributed by atoms with Crippen LogP contribution in [0, 0.1) is 0 Å². The molecule has 5 N–H and O–H groups in total. The molecular weight excluding hydrogens is 260 g/mol. The molecule has 108 valence electrons. The second-order valence-corrected chi connectivity index (χ2v) is 5.04. The fourth-order valence-electron chi connectivity index (χ4n) is 2.87. The molecule has 0 radical (unpaired) electrons. The number of methoxy groups -OCH3 is 1. The second kappa shape index (κ2) is 5.06. The molecule has 0 aliphatic carbocycles. The largest absolute Gasteiger partial charge is 0.495 e. The summed E-state index contributed by atoms with van der Waals surface area (Å²) in [6, 6.07) is 4.71. The Hall–Kier alpha value is -1.60. The molecule has 0 bridgehead atoms. The van der Waals surface area contributed by atoms with Crippen molar-refractivity contribution in [3.8, 4) is 5.75 Å². The van der Waals surface area contributed by atoms with Gasteiger partial charge in [0.2, 0.25) is 0 Å². The number of para-hydroxylation sites is 1. The summed E-state index contributed by atoms with van der Waals surface area (Å²) < 4.78 is 5.29. The van der Waals surface area contributed by atoms with Gasteiger partial charge in [0.05, 0.1) is 37.4 Å². The third-order valence-corrected chi connectivity index (χ3v) is 3.96. The van der Waals surface area contributed by atoms with Crippen LogP contribution >= 0.6 is 0 Å². The van der Waals surface area contributed by atoms with Crippen molar-refractivity contribution < 1.29 is 20.1 Å². The minimum Gasteiger partial charge on any atom is -0.495 e. The van der Waals surface area contributed by atoms with Crippen LogP contribution in [0.3, 0.4) is 0 Å². The number of ether oxygens (including phenoxy) is 1. The smallest absolute Gasteiger partial charge is 0.142 e. The first-order valence-electron chi connectivity index (χ1n) is 6.54. The molecular formula is C14H18N2O4. The van der Waals surface area contributed by atoms with Gasteiger partial charge in [-0.1, -0.05) is 12.1 Å². The molecule has 6 nitrogen and oxygen atoms in total. The van der Waals surface area contributed by atoms with Gasteiger partial charge in [0.25, 0.3) is 0 Å². The average Bonchev–Trinajstić information content (AvgIpc) is 3.01. The van der Waals surface area contributed by atoms with Gasteiger partial charge in [-0.15, -0.1) is 0 Å². The molecule has 1 saturated heterocycles. The zero-order valence-corrected chi connectivity index (χ0v) is 11.1. The van der Waals surface area contributed by atoms with E-state index >= 15 is 0 Å². The molecule has 6 heteroatoms. The quantitative estimate of drug-likeness (QED) is 0.540. The normalized spacial score (nSPS) is 30.0. The molecule has 1 aromatic carbocycles. The molecule has 1 fully saturated rings. The Morgan fingerprint density at radius 3 is 2.70 bits per heavy atom. The molecule has 4 atom stereocenters. The highest BCUT2D eigenvalue weighted by Crippen LogP contribution is 2.35. The lowest BCUT2D eigenvalue weighted by molar-refractivity contribution is 0.0196. The Morgan fingerprint density at radius 2 is 2.05 bits per heavy atom. The lowest BCUT2D eigenvalue weighted by atomic mass is 10.0. The first-order valence-corrected chi connectivity index (χ1v) is 6.54. The van der Waals surface area contributed by atoms with E-state index in [1.807, 2.05) is 18.2 Å². The third-order valence-electron chi connectivity index (χ3n) is 3.96. The molecule has 0 spiro atoms. The summed E-state index contributed by atoms with van der Waals surface area (Å²) >= 11 is 0. The van der Waals surface area contributed by atoms with E-state index in [2.05, 4.69) is 10.3 Å². The molecule has 1 aliphatic rings. The van der Waals surface area contributed by atoms with Crippen LogP contribution in [-0.2, 0) is 0 Å². The Morgan fingerprint density at radius 1 is 1.25 bits per heavy atom. The van der Waals surface area contributed by atoms with Gasteiger partial charge in [0.1, 0.15) is 11.9 Å². The minimum atomic E-state index is -0.986. The summed E-state index contributed by atoms with van der Waals surface area (Å²) in [4.78, 5) is 3.13. The average molecular weight is 278 g/mol. The minimum absolute atomic E-state index is 0.222. The van der Waals surface area contributed by atoms with E-state index in [-0.39, 0.29) is 6.61 Å². The number of H-pyrrole nitrogens is 1. The second-order valence-electron chi connectivity index (χ2n) is 5.04. The maximum Gasteiger partial charge on any atom is 0.142 e. The van der Waals surface area contributed by atoms with Gasteiger partial charge in [-0.25, -0.2) is 0 Å². The lowest BCUT2D eigenvalue weighted by Crippen LogP contribution is -2.35. The van der Waals surface area contributed by atoms with Crippen molar-refractivity contribution in [2.24, 2.45) is 0 Å². The monoisotopic (exact) mass is 278 g/mol. The molecule has 0 amide bonds. The van der Waals surface area contributed by atoms with E-state index in [9.17, 15) is 15.3 Å². The van der Waals surface area contributed by atoms with Gasteiger partial charge in [0.15, 0.2) is 0 Å². The Kier molecular flexibility index (Phi) is 3.39. The standard InChI is InChI=1S/C14H18N2O4/c1-20-10-4-2-3-7-8(5-15-11(7)10)12-14(19)13(18)9(6-17)16-12/h2-5,9,12-19H,6H2,1H3/t9-,12-,13-,14-/m0/s1. The van der Waals surface area contributed by atoms with Crippen LogP contribution in [0.1, 0.15) is 11.6 Å². The SMILES string of the molecule is COc1cccc2c([C@@H]3N[C@@H](CO)[C@H](O)[C@H]3O)c[nH]c12. The van der Waals surface area contributed by atoms with E-state index < -0.39 is 24.3 Å². The number of nitrogens with one attached hydrogen (secondary N) is 2. The third kappa shape index (κ3) is 1.89. The molecule has 1 aliphatic heterocycles. The topological polar surface area (TPSA) is 97.7 Å². The lowest BCUT2D eigenvalue weighted by Gasteiger charge is -2.15. The fourth-order valence-corrected chi connectivity index (χ4v) is 2.87. The molecule has 1 aromatic heterocycles. The Balaban J connectivity index is 2.03. The molecule has 2 aromatic rings. The van der Waals surface area contributed by atoms with Crippen LogP contribution in [0.4, 0.5) is 0 Å². The van der Waals surface area contributed by atoms with Crippen molar-refractivity contribution in [1.82, 2.24) is 10.3 Å². The van der Waals surface area contributed by atoms with Gasteiger partial charge in [-0.2, -0.15) is 0 Å². The summed E-state index contributed by atoms with van der Waals surface area (Å²) in [6.45, 7) is -0.222. The summed E-state index contributed by atoms with van der Waals surface area (Å²) in [7, 11) is 1.60. The highest BCUT2D eigenvalue weighted by Gasteiger charge is 2.42. The van der Waals surface area contributed by atoms with Crippen LogP contribution in [0.25, 0.3) is 10.9 Å². The number of benzene rings is 1. The van der Waals surface area contributed by atoms with Gasteiger partial charge in [-0.05, 0) is 11.6 Å². The van der Waals surface area contributed by atoms with Crippen molar-refractivity contribution in [2.45, 2.75) is 24.3 Å². The van der Waals surface area contributed by atoms with Crippen LogP contribution < -0.4 is 10.1 Å². The van der Waals surface area contributed by atoms with Crippen molar-refractivity contribution in [2.75, 3.05) is 13.7 Å². The van der Waals surface area contributed by atoms with Crippen LogP contribution in [0.15, 0.2) is 24.4 Å². The van der Waals surface area contributed by atoms with Crippen molar-refractivity contribution >= 4 is 10.9 Å². The number of aliphatic hydroxyl groups is 3. The predicted octanol–water partition coefficient (Wildman–Crippen LogP) is -0.0965. The Bertz CT molecular complexity index is 612. The highest BCUT2D eigenvalue weighted by atomic mass is 16.5. The number of rotatable bonds is 3. The number of aromatic amines is 1. The predicted molar refractivity (Wildman–Crippen MR) is 73.6 cm³/mol. The van der Waals surface area contributed by atoms with E-state index in [1.165, 1.54) is 0 Å².